The number of hydrogen-bond donors (Lipinski definition) is 0. The lowest BCUT2D eigenvalue weighted by atomic mass is 9.89. The Morgan fingerprint density at radius 1 is 0.826 bits per heavy atom. The van der Waals surface area contributed by atoms with E-state index in [1.54, 1.807) is 14.2 Å². The van der Waals surface area contributed by atoms with Crippen LogP contribution in [-0.4, -0.2) is 14.2 Å². The second-order valence-electron chi connectivity index (χ2n) is 5.40. The molecule has 0 saturated heterocycles. The minimum atomic E-state index is 0.739. The van der Waals surface area contributed by atoms with Crippen LogP contribution >= 0.6 is 11.6 Å². The standard InChI is InChI=1S/C20H19ClO2/c1-22-17-12-8-15(9-13-17)19-5-3-4-18(20(19)23-2)14-6-10-16(21)11-7-14/h4,6-13H,3,5H2,1-2H3. The highest BCUT2D eigenvalue weighted by atomic mass is 35.5. The first-order valence-electron chi connectivity index (χ1n) is 7.61. The number of ether oxygens (including phenoxy) is 2. The number of halogens is 1. The van der Waals surface area contributed by atoms with Gasteiger partial charge < -0.3 is 9.47 Å². The van der Waals surface area contributed by atoms with Crippen molar-refractivity contribution >= 4 is 22.7 Å². The van der Waals surface area contributed by atoms with E-state index in [-0.39, 0.29) is 0 Å². The van der Waals surface area contributed by atoms with Crippen LogP contribution in [0.3, 0.4) is 0 Å². The summed E-state index contributed by atoms with van der Waals surface area (Å²) in [5, 5.41) is 0.739. The van der Waals surface area contributed by atoms with Gasteiger partial charge in [0.2, 0.25) is 0 Å². The lowest BCUT2D eigenvalue weighted by molar-refractivity contribution is 0.311. The lowest BCUT2D eigenvalue weighted by Gasteiger charge is -2.22. The zero-order chi connectivity index (χ0) is 16.2. The van der Waals surface area contributed by atoms with Crippen LogP contribution < -0.4 is 4.74 Å². The van der Waals surface area contributed by atoms with Crippen molar-refractivity contribution in [1.82, 2.24) is 0 Å². The molecule has 2 aromatic carbocycles. The first kappa shape index (κ1) is 15.7. The minimum Gasteiger partial charge on any atom is -0.497 e. The number of allylic oxidation sites excluding steroid dienone is 3. The van der Waals surface area contributed by atoms with Crippen molar-refractivity contribution in [3.8, 4) is 5.75 Å². The molecule has 0 fully saturated rings. The second-order valence-corrected chi connectivity index (χ2v) is 5.84. The molecule has 0 radical (unpaired) electrons. The third-order valence-electron chi connectivity index (χ3n) is 4.06. The maximum atomic E-state index is 6.00. The van der Waals surface area contributed by atoms with E-state index in [9.17, 15) is 0 Å². The molecule has 0 aromatic heterocycles. The molecule has 0 spiro atoms. The summed E-state index contributed by atoms with van der Waals surface area (Å²) in [4.78, 5) is 0. The van der Waals surface area contributed by atoms with E-state index in [0.717, 1.165) is 40.5 Å². The monoisotopic (exact) mass is 326 g/mol. The Morgan fingerprint density at radius 2 is 1.48 bits per heavy atom. The Morgan fingerprint density at radius 3 is 2.09 bits per heavy atom. The van der Waals surface area contributed by atoms with E-state index in [1.165, 1.54) is 11.1 Å². The molecule has 0 bridgehead atoms. The SMILES string of the molecule is COC1=C(c2ccc(OC)cc2)CCC=C1c1ccc(Cl)cc1. The average molecular weight is 327 g/mol. The molecular weight excluding hydrogens is 308 g/mol. The van der Waals surface area contributed by atoms with Crippen LogP contribution in [0.1, 0.15) is 24.0 Å². The molecule has 0 aliphatic heterocycles. The molecule has 0 atom stereocenters. The fourth-order valence-corrected chi connectivity index (χ4v) is 3.03. The molecule has 3 rings (SSSR count). The normalized spacial score (nSPS) is 14.5. The molecule has 2 aromatic rings. The van der Waals surface area contributed by atoms with Crippen LogP contribution in [0.5, 0.6) is 5.75 Å². The lowest BCUT2D eigenvalue weighted by Crippen LogP contribution is -2.03. The number of benzene rings is 2. The predicted molar refractivity (Wildman–Crippen MR) is 95.6 cm³/mol. The summed E-state index contributed by atoms with van der Waals surface area (Å²) in [6.07, 6.45) is 4.19. The number of rotatable bonds is 4. The van der Waals surface area contributed by atoms with Crippen LogP contribution in [0.2, 0.25) is 5.02 Å². The van der Waals surface area contributed by atoms with Crippen molar-refractivity contribution in [3.63, 3.8) is 0 Å². The zero-order valence-corrected chi connectivity index (χ0v) is 14.1. The van der Waals surface area contributed by atoms with E-state index in [4.69, 9.17) is 21.1 Å². The Bertz CT molecular complexity index is 740. The molecule has 1 aliphatic rings. The van der Waals surface area contributed by atoms with Crippen LogP contribution in [0.4, 0.5) is 0 Å². The van der Waals surface area contributed by atoms with Crippen molar-refractivity contribution in [2.24, 2.45) is 0 Å². The summed E-state index contributed by atoms with van der Waals surface area (Å²) < 4.78 is 11.0. The fourth-order valence-electron chi connectivity index (χ4n) is 2.91. The van der Waals surface area contributed by atoms with Crippen LogP contribution in [-0.2, 0) is 4.74 Å². The van der Waals surface area contributed by atoms with Crippen molar-refractivity contribution in [3.05, 3.63) is 76.5 Å². The highest BCUT2D eigenvalue weighted by Crippen LogP contribution is 2.38. The first-order chi connectivity index (χ1) is 11.2. The molecule has 23 heavy (non-hydrogen) atoms. The summed E-state index contributed by atoms with van der Waals surface area (Å²) in [6.45, 7) is 0. The fraction of sp³-hybridized carbons (Fsp3) is 0.200. The van der Waals surface area contributed by atoms with Crippen molar-refractivity contribution < 1.29 is 9.47 Å². The van der Waals surface area contributed by atoms with Gasteiger partial charge in [-0.25, -0.2) is 0 Å². The molecule has 3 heteroatoms. The molecule has 0 heterocycles. The molecular formula is C20H19ClO2. The van der Waals surface area contributed by atoms with Crippen molar-refractivity contribution in [1.29, 1.82) is 0 Å². The van der Waals surface area contributed by atoms with Gasteiger partial charge in [0.1, 0.15) is 11.5 Å². The molecule has 0 N–H and O–H groups in total. The summed E-state index contributed by atoms with van der Waals surface area (Å²) in [7, 11) is 3.41. The van der Waals surface area contributed by atoms with Gasteiger partial charge in [-0.05, 0) is 48.2 Å². The van der Waals surface area contributed by atoms with Gasteiger partial charge in [0.05, 0.1) is 14.2 Å². The van der Waals surface area contributed by atoms with E-state index < -0.39 is 0 Å². The Balaban J connectivity index is 2.03. The summed E-state index contributed by atoms with van der Waals surface area (Å²) >= 11 is 6.00. The number of methoxy groups -OCH3 is 2. The van der Waals surface area contributed by atoms with Crippen LogP contribution in [0.25, 0.3) is 11.1 Å². The molecule has 118 valence electrons. The summed E-state index contributed by atoms with van der Waals surface area (Å²) in [6, 6.07) is 16.0. The third-order valence-corrected chi connectivity index (χ3v) is 4.31. The second kappa shape index (κ2) is 6.93. The molecule has 0 saturated carbocycles. The van der Waals surface area contributed by atoms with Gasteiger partial charge in [-0.1, -0.05) is 41.9 Å². The zero-order valence-electron chi connectivity index (χ0n) is 13.3. The van der Waals surface area contributed by atoms with Crippen LogP contribution in [0, 0.1) is 0 Å². The quantitative estimate of drug-likeness (QED) is 0.729. The predicted octanol–water partition coefficient (Wildman–Crippen LogP) is 5.58. The highest BCUT2D eigenvalue weighted by molar-refractivity contribution is 6.30. The van der Waals surface area contributed by atoms with Crippen molar-refractivity contribution in [2.75, 3.05) is 14.2 Å². The summed E-state index contributed by atoms with van der Waals surface area (Å²) in [5.74, 6) is 1.79. The topological polar surface area (TPSA) is 18.5 Å². The van der Waals surface area contributed by atoms with Crippen LogP contribution in [0.15, 0.2) is 60.4 Å². The van der Waals surface area contributed by atoms with Gasteiger partial charge in [-0.15, -0.1) is 0 Å². The Kier molecular flexibility index (Phi) is 4.73. The molecule has 0 amide bonds. The first-order valence-corrected chi connectivity index (χ1v) is 7.98. The minimum absolute atomic E-state index is 0.739. The maximum Gasteiger partial charge on any atom is 0.130 e. The Labute approximate surface area is 142 Å². The van der Waals surface area contributed by atoms with Gasteiger partial charge in [0.15, 0.2) is 0 Å². The smallest absolute Gasteiger partial charge is 0.130 e. The van der Waals surface area contributed by atoms with Crippen molar-refractivity contribution in [2.45, 2.75) is 12.8 Å². The highest BCUT2D eigenvalue weighted by Gasteiger charge is 2.19. The van der Waals surface area contributed by atoms with E-state index in [0.29, 0.717) is 0 Å². The third kappa shape index (κ3) is 3.27. The molecule has 2 nitrogen and oxygen atoms in total. The molecule has 1 aliphatic carbocycles. The largest absolute Gasteiger partial charge is 0.497 e. The maximum absolute atomic E-state index is 6.00. The number of hydrogen-bond acceptors (Lipinski definition) is 2. The summed E-state index contributed by atoms with van der Waals surface area (Å²) in [5.41, 5.74) is 4.64. The van der Waals surface area contributed by atoms with Gasteiger partial charge >= 0.3 is 0 Å². The molecule has 0 unspecified atom stereocenters. The van der Waals surface area contributed by atoms with Gasteiger partial charge in [-0.3, -0.25) is 0 Å². The average Bonchev–Trinajstić information content (AvgIpc) is 2.62. The van der Waals surface area contributed by atoms with Gasteiger partial charge in [0.25, 0.3) is 0 Å². The van der Waals surface area contributed by atoms with Gasteiger partial charge in [0, 0.05) is 16.2 Å². The van der Waals surface area contributed by atoms with Gasteiger partial charge in [-0.2, -0.15) is 0 Å². The van der Waals surface area contributed by atoms with E-state index >= 15 is 0 Å². The Hall–Kier alpha value is -2.19. The van der Waals surface area contributed by atoms with E-state index in [1.807, 2.05) is 36.4 Å². The van der Waals surface area contributed by atoms with E-state index in [2.05, 4.69) is 18.2 Å².